The number of sulfonamides is 1. The van der Waals surface area contributed by atoms with Crippen molar-refractivity contribution < 1.29 is 8.42 Å². The monoisotopic (exact) mass is 324 g/mol. The number of hydrogen-bond donors (Lipinski definition) is 2. The van der Waals surface area contributed by atoms with Crippen LogP contribution >= 0.6 is 11.6 Å². The maximum absolute atomic E-state index is 12.5. The van der Waals surface area contributed by atoms with E-state index in [0.717, 1.165) is 5.56 Å². The van der Waals surface area contributed by atoms with Crippen LogP contribution in [0.2, 0.25) is 5.02 Å². The lowest BCUT2D eigenvalue weighted by Crippen LogP contribution is -2.17. The Morgan fingerprint density at radius 2 is 1.81 bits per heavy atom. The number of halogens is 1. The molecule has 21 heavy (non-hydrogen) atoms. The van der Waals surface area contributed by atoms with Gasteiger partial charge in [-0.15, -0.1) is 0 Å². The third kappa shape index (κ3) is 3.56. The molecule has 0 unspecified atom stereocenters. The lowest BCUT2D eigenvalue weighted by atomic mass is 10.2. The molecule has 2 aromatic rings. The van der Waals surface area contributed by atoms with E-state index in [0.29, 0.717) is 22.8 Å². The van der Waals surface area contributed by atoms with Crippen molar-refractivity contribution in [3.63, 3.8) is 0 Å². The molecule has 2 rings (SSSR count). The van der Waals surface area contributed by atoms with Crippen molar-refractivity contribution in [1.29, 1.82) is 0 Å². The molecule has 0 aliphatic rings. The topological polar surface area (TPSA) is 58.2 Å². The van der Waals surface area contributed by atoms with Gasteiger partial charge in [0.25, 0.3) is 10.0 Å². The SMILES string of the molecule is CNCc1ccccc1NS(=O)(=O)c1cccc(Cl)c1C. The van der Waals surface area contributed by atoms with E-state index in [-0.39, 0.29) is 4.90 Å². The molecule has 112 valence electrons. The van der Waals surface area contributed by atoms with E-state index in [2.05, 4.69) is 10.0 Å². The molecule has 0 heterocycles. The summed E-state index contributed by atoms with van der Waals surface area (Å²) in [6, 6.07) is 12.1. The van der Waals surface area contributed by atoms with E-state index >= 15 is 0 Å². The smallest absolute Gasteiger partial charge is 0.262 e. The second kappa shape index (κ2) is 6.47. The average molecular weight is 325 g/mol. The van der Waals surface area contributed by atoms with Gasteiger partial charge < -0.3 is 5.32 Å². The van der Waals surface area contributed by atoms with Crippen LogP contribution in [0, 0.1) is 6.92 Å². The number of para-hydroxylation sites is 1. The Kier molecular flexibility index (Phi) is 4.88. The molecule has 2 N–H and O–H groups in total. The van der Waals surface area contributed by atoms with Crippen LogP contribution in [0.25, 0.3) is 0 Å². The molecule has 0 bridgehead atoms. The third-order valence-corrected chi connectivity index (χ3v) is 5.06. The van der Waals surface area contributed by atoms with E-state index in [1.54, 1.807) is 37.3 Å². The second-order valence-electron chi connectivity index (χ2n) is 4.66. The fraction of sp³-hybridized carbons (Fsp3) is 0.200. The van der Waals surface area contributed by atoms with Crippen LogP contribution < -0.4 is 10.0 Å². The van der Waals surface area contributed by atoms with Crippen molar-refractivity contribution in [1.82, 2.24) is 5.32 Å². The highest BCUT2D eigenvalue weighted by atomic mass is 35.5. The number of anilines is 1. The van der Waals surface area contributed by atoms with E-state index in [1.807, 2.05) is 19.2 Å². The van der Waals surface area contributed by atoms with Gasteiger partial charge in [-0.3, -0.25) is 4.72 Å². The van der Waals surface area contributed by atoms with Gasteiger partial charge in [0, 0.05) is 11.6 Å². The van der Waals surface area contributed by atoms with Gasteiger partial charge in [-0.05, 0) is 43.3 Å². The molecule has 2 aromatic carbocycles. The molecule has 0 aliphatic carbocycles. The Labute approximate surface area is 130 Å². The summed E-state index contributed by atoms with van der Waals surface area (Å²) in [7, 11) is -1.86. The summed E-state index contributed by atoms with van der Waals surface area (Å²) in [4.78, 5) is 0.189. The van der Waals surface area contributed by atoms with Gasteiger partial charge in [-0.1, -0.05) is 35.9 Å². The number of nitrogens with one attached hydrogen (secondary N) is 2. The Morgan fingerprint density at radius 1 is 1.10 bits per heavy atom. The first-order valence-corrected chi connectivity index (χ1v) is 8.32. The Bertz CT molecular complexity index is 745. The molecule has 0 atom stereocenters. The normalized spacial score (nSPS) is 11.4. The highest BCUT2D eigenvalue weighted by Crippen LogP contribution is 2.25. The minimum Gasteiger partial charge on any atom is -0.316 e. The molecule has 4 nitrogen and oxygen atoms in total. The van der Waals surface area contributed by atoms with E-state index < -0.39 is 10.0 Å². The Hall–Kier alpha value is -1.56. The zero-order chi connectivity index (χ0) is 15.5. The Balaban J connectivity index is 2.40. The molecule has 0 radical (unpaired) electrons. The summed E-state index contributed by atoms with van der Waals surface area (Å²) in [5.41, 5.74) is 1.98. The lowest BCUT2D eigenvalue weighted by molar-refractivity contribution is 0.600. The molecule has 6 heteroatoms. The molecular formula is C15H17ClN2O2S. The molecular weight excluding hydrogens is 308 g/mol. The van der Waals surface area contributed by atoms with Gasteiger partial charge in [0.1, 0.15) is 0 Å². The van der Waals surface area contributed by atoms with Gasteiger partial charge in [-0.2, -0.15) is 0 Å². The molecule has 0 aliphatic heterocycles. The van der Waals surface area contributed by atoms with Crippen molar-refractivity contribution in [2.45, 2.75) is 18.4 Å². The van der Waals surface area contributed by atoms with Crippen LogP contribution in [0.3, 0.4) is 0 Å². The van der Waals surface area contributed by atoms with Crippen molar-refractivity contribution in [3.8, 4) is 0 Å². The van der Waals surface area contributed by atoms with Gasteiger partial charge in [0.2, 0.25) is 0 Å². The largest absolute Gasteiger partial charge is 0.316 e. The van der Waals surface area contributed by atoms with E-state index in [9.17, 15) is 8.42 Å². The van der Waals surface area contributed by atoms with Crippen molar-refractivity contribution in [2.75, 3.05) is 11.8 Å². The lowest BCUT2D eigenvalue weighted by Gasteiger charge is -2.14. The number of rotatable bonds is 5. The average Bonchev–Trinajstić information content (AvgIpc) is 2.44. The minimum atomic E-state index is -3.67. The quantitative estimate of drug-likeness (QED) is 0.888. The van der Waals surface area contributed by atoms with E-state index in [4.69, 9.17) is 11.6 Å². The molecule has 0 saturated heterocycles. The van der Waals surface area contributed by atoms with Crippen LogP contribution in [0.4, 0.5) is 5.69 Å². The first kappa shape index (κ1) is 15.8. The Morgan fingerprint density at radius 3 is 2.52 bits per heavy atom. The van der Waals surface area contributed by atoms with Crippen LogP contribution in [0.15, 0.2) is 47.4 Å². The molecule has 0 fully saturated rings. The van der Waals surface area contributed by atoms with Gasteiger partial charge in [0.05, 0.1) is 10.6 Å². The molecule has 0 spiro atoms. The zero-order valence-electron chi connectivity index (χ0n) is 11.9. The maximum Gasteiger partial charge on any atom is 0.262 e. The van der Waals surface area contributed by atoms with Crippen LogP contribution in [-0.2, 0) is 16.6 Å². The van der Waals surface area contributed by atoms with Crippen LogP contribution in [-0.4, -0.2) is 15.5 Å². The second-order valence-corrected chi connectivity index (χ2v) is 6.71. The molecule has 0 aromatic heterocycles. The highest BCUT2D eigenvalue weighted by Gasteiger charge is 2.19. The van der Waals surface area contributed by atoms with Gasteiger partial charge in [0.15, 0.2) is 0 Å². The predicted octanol–water partition coefficient (Wildman–Crippen LogP) is 3.17. The van der Waals surface area contributed by atoms with Gasteiger partial charge >= 0.3 is 0 Å². The molecule has 0 amide bonds. The summed E-state index contributed by atoms with van der Waals surface area (Å²) in [6.07, 6.45) is 0. The summed E-state index contributed by atoms with van der Waals surface area (Å²) < 4.78 is 27.7. The van der Waals surface area contributed by atoms with Gasteiger partial charge in [-0.25, -0.2) is 8.42 Å². The first-order chi connectivity index (χ1) is 9.95. The van der Waals surface area contributed by atoms with Crippen molar-refractivity contribution in [3.05, 3.63) is 58.6 Å². The molecule has 0 saturated carbocycles. The fourth-order valence-corrected chi connectivity index (χ4v) is 3.64. The highest BCUT2D eigenvalue weighted by molar-refractivity contribution is 7.92. The summed E-state index contributed by atoms with van der Waals surface area (Å²) >= 11 is 6.00. The summed E-state index contributed by atoms with van der Waals surface area (Å²) in [5, 5.41) is 3.45. The predicted molar refractivity (Wildman–Crippen MR) is 86.2 cm³/mol. The fourth-order valence-electron chi connectivity index (χ4n) is 2.04. The first-order valence-electron chi connectivity index (χ1n) is 6.46. The number of hydrogen-bond acceptors (Lipinski definition) is 3. The number of benzene rings is 2. The van der Waals surface area contributed by atoms with Crippen molar-refractivity contribution in [2.24, 2.45) is 0 Å². The van der Waals surface area contributed by atoms with Crippen LogP contribution in [0.1, 0.15) is 11.1 Å². The summed E-state index contributed by atoms with van der Waals surface area (Å²) in [6.45, 7) is 2.27. The zero-order valence-corrected chi connectivity index (χ0v) is 13.4. The standard InChI is InChI=1S/C15H17ClN2O2S/c1-11-13(16)7-5-9-15(11)21(19,20)18-14-8-4-3-6-12(14)10-17-2/h3-9,17-18H,10H2,1-2H3. The minimum absolute atomic E-state index is 0.189. The van der Waals surface area contributed by atoms with Crippen LogP contribution in [0.5, 0.6) is 0 Å². The van der Waals surface area contributed by atoms with E-state index in [1.165, 1.54) is 0 Å². The third-order valence-electron chi connectivity index (χ3n) is 3.14. The van der Waals surface area contributed by atoms with Crippen molar-refractivity contribution >= 4 is 27.3 Å². The maximum atomic E-state index is 12.5. The summed E-state index contributed by atoms with van der Waals surface area (Å²) in [5.74, 6) is 0.